The molecular formula is C17H26N2O5S. The third-order valence-corrected chi connectivity index (χ3v) is 6.75. The van der Waals surface area contributed by atoms with Crippen LogP contribution in [0.25, 0.3) is 0 Å². The number of hydrogen-bond donors (Lipinski definition) is 1. The molecule has 0 spiro atoms. The molecule has 1 fully saturated rings. The zero-order chi connectivity index (χ0) is 18.4. The lowest BCUT2D eigenvalue weighted by Gasteiger charge is -2.31. The predicted molar refractivity (Wildman–Crippen MR) is 92.8 cm³/mol. The van der Waals surface area contributed by atoms with Crippen molar-refractivity contribution >= 4 is 9.84 Å². The quantitative estimate of drug-likeness (QED) is 0.846. The first kappa shape index (κ1) is 18.4. The van der Waals surface area contributed by atoms with Crippen LogP contribution in [-0.4, -0.2) is 44.0 Å². The number of rotatable bonds is 5. The molecule has 2 heterocycles. The van der Waals surface area contributed by atoms with Gasteiger partial charge in [0.05, 0.1) is 11.0 Å². The molecule has 0 aromatic heterocycles. The van der Waals surface area contributed by atoms with Crippen LogP contribution in [0.2, 0.25) is 0 Å². The van der Waals surface area contributed by atoms with E-state index in [4.69, 9.17) is 19.9 Å². The maximum Gasteiger partial charge on any atom is 0.231 e. The highest BCUT2D eigenvalue weighted by molar-refractivity contribution is 7.92. The summed E-state index contributed by atoms with van der Waals surface area (Å²) in [6, 6.07) is 4.69. The standard InChI is InChI=1S/C17H26N2O5S/c1-11(2)7-15-16(19(9-18)17(3,4)24-15)25(20,21)12-5-6-13-14(8-12)23-10-22-13/h5-6,8,11,15-16H,7,9-10,18H2,1-4H3. The van der Waals surface area contributed by atoms with Crippen molar-refractivity contribution in [3.05, 3.63) is 18.2 Å². The molecule has 0 aliphatic carbocycles. The van der Waals surface area contributed by atoms with Crippen molar-refractivity contribution in [1.82, 2.24) is 4.90 Å². The summed E-state index contributed by atoms with van der Waals surface area (Å²) in [5, 5.41) is -0.838. The predicted octanol–water partition coefficient (Wildman–Crippen LogP) is 1.91. The largest absolute Gasteiger partial charge is 0.454 e. The van der Waals surface area contributed by atoms with Gasteiger partial charge in [0.2, 0.25) is 6.79 Å². The van der Waals surface area contributed by atoms with Crippen molar-refractivity contribution in [3.63, 3.8) is 0 Å². The topological polar surface area (TPSA) is 91.1 Å². The number of ether oxygens (including phenoxy) is 3. The molecule has 1 aromatic rings. The van der Waals surface area contributed by atoms with E-state index in [-0.39, 0.29) is 18.4 Å². The number of nitrogens with two attached hydrogens (primary N) is 1. The smallest absolute Gasteiger partial charge is 0.231 e. The molecule has 2 aliphatic rings. The lowest BCUT2D eigenvalue weighted by atomic mass is 10.1. The Bertz CT molecular complexity index is 747. The lowest BCUT2D eigenvalue weighted by molar-refractivity contribution is -0.0781. The summed E-state index contributed by atoms with van der Waals surface area (Å²) >= 11 is 0. The van der Waals surface area contributed by atoms with Crippen LogP contribution in [0, 0.1) is 5.92 Å². The van der Waals surface area contributed by atoms with Crippen LogP contribution in [0.3, 0.4) is 0 Å². The van der Waals surface area contributed by atoms with Gasteiger partial charge in [-0.15, -0.1) is 0 Å². The van der Waals surface area contributed by atoms with Crippen molar-refractivity contribution < 1.29 is 22.6 Å². The van der Waals surface area contributed by atoms with E-state index in [1.165, 1.54) is 6.07 Å². The molecule has 2 N–H and O–H groups in total. The van der Waals surface area contributed by atoms with Crippen molar-refractivity contribution in [1.29, 1.82) is 0 Å². The molecule has 140 valence electrons. The highest BCUT2D eigenvalue weighted by Gasteiger charge is 2.53. The van der Waals surface area contributed by atoms with Crippen LogP contribution in [-0.2, 0) is 14.6 Å². The van der Waals surface area contributed by atoms with Crippen LogP contribution in [0.4, 0.5) is 0 Å². The number of nitrogens with zero attached hydrogens (tertiary/aromatic N) is 1. The fourth-order valence-corrected chi connectivity index (χ4v) is 5.57. The molecule has 1 saturated heterocycles. The fourth-order valence-electron chi connectivity index (χ4n) is 3.52. The van der Waals surface area contributed by atoms with Crippen LogP contribution in [0.15, 0.2) is 23.1 Å². The summed E-state index contributed by atoms with van der Waals surface area (Å²) in [6.45, 7) is 7.99. The molecule has 2 atom stereocenters. The van der Waals surface area contributed by atoms with Crippen LogP contribution in [0.1, 0.15) is 34.1 Å². The molecule has 3 rings (SSSR count). The zero-order valence-electron chi connectivity index (χ0n) is 15.1. The average molecular weight is 370 g/mol. The molecule has 1 aromatic carbocycles. The van der Waals surface area contributed by atoms with Crippen molar-refractivity contribution in [2.24, 2.45) is 11.7 Å². The van der Waals surface area contributed by atoms with Gasteiger partial charge in [-0.25, -0.2) is 13.3 Å². The molecule has 2 aliphatic heterocycles. The molecule has 7 nitrogen and oxygen atoms in total. The second kappa shape index (κ2) is 6.42. The van der Waals surface area contributed by atoms with Crippen molar-refractivity contribution in [3.8, 4) is 11.5 Å². The van der Waals surface area contributed by atoms with Gasteiger partial charge in [-0.1, -0.05) is 13.8 Å². The number of sulfone groups is 1. The zero-order valence-corrected chi connectivity index (χ0v) is 15.9. The summed E-state index contributed by atoms with van der Waals surface area (Å²) in [4.78, 5) is 1.90. The maximum atomic E-state index is 13.4. The third kappa shape index (κ3) is 3.23. The van der Waals surface area contributed by atoms with Gasteiger partial charge in [0.1, 0.15) is 11.1 Å². The minimum absolute atomic E-state index is 0.0933. The summed E-state index contributed by atoms with van der Waals surface area (Å²) in [7, 11) is -3.70. The Kier molecular flexibility index (Phi) is 4.74. The molecule has 25 heavy (non-hydrogen) atoms. The highest BCUT2D eigenvalue weighted by atomic mass is 32.2. The van der Waals surface area contributed by atoms with E-state index in [9.17, 15) is 8.42 Å². The van der Waals surface area contributed by atoms with Crippen LogP contribution in [0.5, 0.6) is 11.5 Å². The molecule has 0 amide bonds. The van der Waals surface area contributed by atoms with Crippen LogP contribution < -0.4 is 15.2 Å². The maximum absolute atomic E-state index is 13.4. The van der Waals surface area contributed by atoms with Gasteiger partial charge in [-0.05, 0) is 38.3 Å². The Balaban J connectivity index is 2.02. The Morgan fingerprint density at radius 2 is 1.96 bits per heavy atom. The Morgan fingerprint density at radius 3 is 2.60 bits per heavy atom. The summed E-state index contributed by atoms with van der Waals surface area (Å²) < 4.78 is 43.5. The van der Waals surface area contributed by atoms with E-state index >= 15 is 0 Å². The minimum atomic E-state index is -3.70. The van der Waals surface area contributed by atoms with Gasteiger partial charge in [-0.2, -0.15) is 0 Å². The third-order valence-electron chi connectivity index (χ3n) is 4.65. The number of fused-ring (bicyclic) bond motifs is 1. The average Bonchev–Trinajstić information content (AvgIpc) is 3.06. The minimum Gasteiger partial charge on any atom is -0.454 e. The molecular weight excluding hydrogens is 344 g/mol. The van der Waals surface area contributed by atoms with E-state index in [2.05, 4.69) is 0 Å². The highest BCUT2D eigenvalue weighted by Crippen LogP contribution is 2.41. The normalized spacial score (nSPS) is 25.7. The van der Waals surface area contributed by atoms with E-state index < -0.39 is 27.0 Å². The van der Waals surface area contributed by atoms with Crippen molar-refractivity contribution in [2.45, 2.75) is 56.2 Å². The van der Waals surface area contributed by atoms with Gasteiger partial charge in [0.25, 0.3) is 0 Å². The first-order valence-corrected chi connectivity index (χ1v) is 9.99. The summed E-state index contributed by atoms with van der Waals surface area (Å²) in [5.41, 5.74) is 5.15. The van der Waals surface area contributed by atoms with E-state index in [0.717, 1.165) is 0 Å². The van der Waals surface area contributed by atoms with Gasteiger partial charge in [0, 0.05) is 12.7 Å². The van der Waals surface area contributed by atoms with E-state index in [0.29, 0.717) is 23.8 Å². The van der Waals surface area contributed by atoms with Gasteiger partial charge < -0.3 is 19.9 Å². The first-order valence-electron chi connectivity index (χ1n) is 8.45. The Labute approximate surface area is 148 Å². The van der Waals surface area contributed by atoms with Gasteiger partial charge >= 0.3 is 0 Å². The van der Waals surface area contributed by atoms with E-state index in [1.807, 2.05) is 27.7 Å². The summed E-state index contributed by atoms with van der Waals surface area (Å²) in [5.74, 6) is 1.29. The van der Waals surface area contributed by atoms with Crippen molar-refractivity contribution in [2.75, 3.05) is 13.5 Å². The molecule has 0 bridgehead atoms. The molecule has 2 unspecified atom stereocenters. The first-order chi connectivity index (χ1) is 11.7. The number of benzene rings is 1. The summed E-state index contributed by atoms with van der Waals surface area (Å²) in [6.07, 6.45) is 0.183. The second-order valence-corrected chi connectivity index (χ2v) is 9.38. The Morgan fingerprint density at radius 1 is 1.28 bits per heavy atom. The van der Waals surface area contributed by atoms with E-state index in [1.54, 1.807) is 17.0 Å². The molecule has 0 radical (unpaired) electrons. The second-order valence-electron chi connectivity index (χ2n) is 7.34. The number of hydrogen-bond acceptors (Lipinski definition) is 7. The molecule has 0 saturated carbocycles. The monoisotopic (exact) mass is 370 g/mol. The fraction of sp³-hybridized carbons (Fsp3) is 0.647. The van der Waals surface area contributed by atoms with Gasteiger partial charge in [0.15, 0.2) is 21.3 Å². The molecule has 8 heteroatoms. The SMILES string of the molecule is CC(C)CC1OC(C)(C)N(CN)C1S(=O)(=O)c1ccc2c(c1)OCO2. The Hall–Kier alpha value is -1.35. The van der Waals surface area contributed by atoms with Crippen LogP contribution >= 0.6 is 0 Å². The lowest BCUT2D eigenvalue weighted by Crippen LogP contribution is -2.50. The van der Waals surface area contributed by atoms with Gasteiger partial charge in [-0.3, -0.25) is 0 Å².